The van der Waals surface area contributed by atoms with Gasteiger partial charge in [-0.25, -0.2) is 0 Å². The summed E-state index contributed by atoms with van der Waals surface area (Å²) in [6, 6.07) is 0. The lowest BCUT2D eigenvalue weighted by molar-refractivity contribution is -0.168. The number of aliphatic hydroxyl groups is 3. The van der Waals surface area contributed by atoms with E-state index in [-0.39, 0.29) is 37.2 Å². The van der Waals surface area contributed by atoms with Crippen LogP contribution in [0.3, 0.4) is 0 Å². The number of carbonyl (C=O) groups is 3. The third kappa shape index (κ3) is 4.80. The molecule has 0 aliphatic heterocycles. The van der Waals surface area contributed by atoms with Crippen molar-refractivity contribution in [1.82, 2.24) is 0 Å². The fourth-order valence-corrected chi connectivity index (χ4v) is 7.04. The van der Waals surface area contributed by atoms with Crippen molar-refractivity contribution in [3.05, 3.63) is 34.6 Å². The second-order valence-corrected chi connectivity index (χ2v) is 13.0. The summed E-state index contributed by atoms with van der Waals surface area (Å²) in [5.41, 5.74) is -4.11. The van der Waals surface area contributed by atoms with Gasteiger partial charge in [-0.05, 0) is 98.3 Å². The smallest absolute Gasteiger partial charge is 0.184 e. The Hall–Kier alpha value is -2.05. The van der Waals surface area contributed by atoms with Gasteiger partial charge < -0.3 is 15.3 Å². The van der Waals surface area contributed by atoms with E-state index in [1.165, 1.54) is 0 Å². The molecule has 0 radical (unpaired) electrons. The van der Waals surface area contributed by atoms with Crippen molar-refractivity contribution in [3.8, 4) is 0 Å². The minimum atomic E-state index is -1.63. The zero-order valence-electron chi connectivity index (χ0n) is 23.9. The first-order valence-electron chi connectivity index (χ1n) is 13.8. The quantitative estimate of drug-likeness (QED) is 0.233. The highest BCUT2D eigenvalue weighted by molar-refractivity contribution is 6.31. The van der Waals surface area contributed by atoms with Gasteiger partial charge in [-0.3, -0.25) is 14.4 Å². The molecule has 0 amide bonds. The molecule has 0 saturated heterocycles. The van der Waals surface area contributed by atoms with E-state index in [4.69, 9.17) is 0 Å². The molecule has 2 saturated carbocycles. The van der Waals surface area contributed by atoms with Crippen LogP contribution in [0.1, 0.15) is 100 Å². The standard InChI is InChI=1S/C31H46O6/c1-9-20(6)24(32)23-25(33)30(14-10-18(2)3,15-11-19(4)5)27(35)31(26(23)34)16-22-21(29(8,37)17-31)12-13-28(22,7)36/h10-11,20-22,34,36-37H,9,12-17H2,1-8H3/t20-,21+,22-,28+,29+,31-/m0/s1. The lowest BCUT2D eigenvalue weighted by Crippen LogP contribution is -2.62. The van der Waals surface area contributed by atoms with Crippen LogP contribution in [0.15, 0.2) is 34.6 Å². The molecule has 3 aliphatic rings. The fraction of sp³-hybridized carbons (Fsp3) is 0.710. The number of hydrogen-bond donors (Lipinski definition) is 3. The Bertz CT molecular complexity index is 1040. The second kappa shape index (κ2) is 9.92. The molecule has 3 rings (SSSR count). The first-order chi connectivity index (χ1) is 17.0. The van der Waals surface area contributed by atoms with Crippen LogP contribution in [0.4, 0.5) is 0 Å². The number of rotatable bonds is 7. The summed E-state index contributed by atoms with van der Waals surface area (Å²) in [5.74, 6) is -3.25. The van der Waals surface area contributed by atoms with E-state index in [1.807, 2.05) is 46.8 Å². The summed E-state index contributed by atoms with van der Waals surface area (Å²) in [5, 5.41) is 34.8. The Kier molecular flexibility index (Phi) is 7.91. The maximum Gasteiger partial charge on any atom is 0.184 e. The Labute approximate surface area is 221 Å². The SMILES string of the molecule is CC[C@H](C)C(=O)C1=C(O)[C@@]2(C[C@H]3[C@@H](CC[C@@]3(C)O)[C@](C)(O)C2)C(=O)C(CC=C(C)C)(CC=C(C)C)C1=O. The lowest BCUT2D eigenvalue weighted by atomic mass is 9.48. The Morgan fingerprint density at radius 2 is 1.54 bits per heavy atom. The van der Waals surface area contributed by atoms with E-state index < -0.39 is 57.0 Å². The van der Waals surface area contributed by atoms with Gasteiger partial charge in [0.1, 0.15) is 16.7 Å². The zero-order chi connectivity index (χ0) is 28.1. The number of aliphatic hydroxyl groups excluding tert-OH is 1. The van der Waals surface area contributed by atoms with Crippen LogP contribution < -0.4 is 0 Å². The van der Waals surface area contributed by atoms with Crippen molar-refractivity contribution in [3.63, 3.8) is 0 Å². The van der Waals surface area contributed by atoms with Crippen LogP contribution >= 0.6 is 0 Å². The number of allylic oxidation sites excluding steroid dienone is 6. The van der Waals surface area contributed by atoms with Crippen LogP contribution in [0.25, 0.3) is 0 Å². The molecule has 0 aromatic heterocycles. The van der Waals surface area contributed by atoms with Crippen molar-refractivity contribution in [1.29, 1.82) is 0 Å². The minimum Gasteiger partial charge on any atom is -0.510 e. The van der Waals surface area contributed by atoms with Gasteiger partial charge >= 0.3 is 0 Å². The summed E-state index contributed by atoms with van der Waals surface area (Å²) < 4.78 is 0. The highest BCUT2D eigenvalue weighted by Crippen LogP contribution is 2.63. The number of hydrogen-bond acceptors (Lipinski definition) is 6. The zero-order valence-corrected chi connectivity index (χ0v) is 23.9. The number of fused-ring (bicyclic) bond motifs is 1. The molecule has 6 heteroatoms. The van der Waals surface area contributed by atoms with E-state index in [1.54, 1.807) is 20.8 Å². The third-order valence-corrected chi connectivity index (χ3v) is 9.52. The lowest BCUT2D eigenvalue weighted by Gasteiger charge is -2.55. The molecule has 0 unspecified atom stereocenters. The van der Waals surface area contributed by atoms with Crippen molar-refractivity contribution >= 4 is 17.3 Å². The van der Waals surface area contributed by atoms with E-state index in [0.29, 0.717) is 19.3 Å². The van der Waals surface area contributed by atoms with Crippen LogP contribution in [-0.2, 0) is 14.4 Å². The monoisotopic (exact) mass is 514 g/mol. The van der Waals surface area contributed by atoms with Gasteiger partial charge in [-0.1, -0.05) is 37.1 Å². The summed E-state index contributed by atoms with van der Waals surface area (Å²) in [6.07, 6.45) is 5.50. The van der Waals surface area contributed by atoms with Gasteiger partial charge in [-0.15, -0.1) is 0 Å². The summed E-state index contributed by atoms with van der Waals surface area (Å²) in [6.45, 7) is 14.5. The van der Waals surface area contributed by atoms with Crippen LogP contribution in [0, 0.1) is 28.6 Å². The van der Waals surface area contributed by atoms with E-state index in [9.17, 15) is 29.7 Å². The molecule has 37 heavy (non-hydrogen) atoms. The van der Waals surface area contributed by atoms with Gasteiger partial charge in [0.05, 0.1) is 16.6 Å². The van der Waals surface area contributed by atoms with E-state index in [2.05, 4.69) is 0 Å². The molecule has 1 spiro atoms. The fourth-order valence-electron chi connectivity index (χ4n) is 7.04. The normalized spacial score (nSPS) is 35.8. The minimum absolute atomic E-state index is 0.0854. The van der Waals surface area contributed by atoms with E-state index >= 15 is 0 Å². The first-order valence-corrected chi connectivity index (χ1v) is 13.8. The molecule has 0 aromatic carbocycles. The Morgan fingerprint density at radius 3 is 2.03 bits per heavy atom. The molecule has 0 heterocycles. The number of carbonyl (C=O) groups excluding carboxylic acids is 3. The molecular weight excluding hydrogens is 468 g/mol. The summed E-state index contributed by atoms with van der Waals surface area (Å²) >= 11 is 0. The van der Waals surface area contributed by atoms with Gasteiger partial charge in [0.25, 0.3) is 0 Å². The highest BCUT2D eigenvalue weighted by Gasteiger charge is 2.69. The second-order valence-electron chi connectivity index (χ2n) is 13.0. The highest BCUT2D eigenvalue weighted by atomic mass is 16.3. The average Bonchev–Trinajstić information content (AvgIpc) is 3.11. The molecular formula is C31H46O6. The van der Waals surface area contributed by atoms with Crippen molar-refractivity contribution < 1.29 is 29.7 Å². The predicted molar refractivity (Wildman–Crippen MR) is 144 cm³/mol. The summed E-state index contributed by atoms with van der Waals surface area (Å²) in [4.78, 5) is 42.7. The Morgan fingerprint density at radius 1 is 1.00 bits per heavy atom. The van der Waals surface area contributed by atoms with Crippen LogP contribution in [0.2, 0.25) is 0 Å². The number of Topliss-reactive ketones (excluding diaryl/α,β-unsaturated/α-hetero) is 3. The average molecular weight is 515 g/mol. The topological polar surface area (TPSA) is 112 Å². The van der Waals surface area contributed by atoms with Crippen molar-refractivity contribution in [2.75, 3.05) is 0 Å². The van der Waals surface area contributed by atoms with E-state index in [0.717, 1.165) is 11.1 Å². The molecule has 6 nitrogen and oxygen atoms in total. The van der Waals surface area contributed by atoms with Crippen LogP contribution in [0.5, 0.6) is 0 Å². The molecule has 0 aromatic rings. The van der Waals surface area contributed by atoms with Gasteiger partial charge in [0.2, 0.25) is 0 Å². The van der Waals surface area contributed by atoms with Gasteiger partial charge in [0, 0.05) is 5.92 Å². The Balaban J connectivity index is 2.37. The molecule has 2 fully saturated rings. The van der Waals surface area contributed by atoms with Gasteiger partial charge in [0.15, 0.2) is 17.3 Å². The summed E-state index contributed by atoms with van der Waals surface area (Å²) in [7, 11) is 0. The molecule has 0 bridgehead atoms. The van der Waals surface area contributed by atoms with Crippen molar-refractivity contribution in [2.24, 2.45) is 28.6 Å². The molecule has 6 atom stereocenters. The number of ketones is 3. The largest absolute Gasteiger partial charge is 0.510 e. The van der Waals surface area contributed by atoms with Crippen molar-refractivity contribution in [2.45, 2.75) is 112 Å². The molecule has 3 N–H and O–H groups in total. The predicted octanol–water partition coefficient (Wildman–Crippen LogP) is 5.57. The third-order valence-electron chi connectivity index (χ3n) is 9.52. The maximum atomic E-state index is 14.8. The molecule has 206 valence electrons. The molecule has 3 aliphatic carbocycles. The van der Waals surface area contributed by atoms with Crippen LogP contribution in [-0.4, -0.2) is 43.9 Å². The first kappa shape index (κ1) is 29.5. The van der Waals surface area contributed by atoms with Gasteiger partial charge in [-0.2, -0.15) is 0 Å². The maximum absolute atomic E-state index is 14.8.